The van der Waals surface area contributed by atoms with E-state index < -0.39 is 71.1 Å². The van der Waals surface area contributed by atoms with Crippen LogP contribution in [0.5, 0.6) is 0 Å². The molecule has 2 unspecified atom stereocenters. The van der Waals surface area contributed by atoms with Gasteiger partial charge in [0.2, 0.25) is 35.7 Å². The van der Waals surface area contributed by atoms with E-state index in [2.05, 4.69) is 13.8 Å². The molecule has 10 aliphatic rings. The molecule has 17 heteroatoms. The van der Waals surface area contributed by atoms with Gasteiger partial charge in [-0.05, 0) is 71.3 Å². The van der Waals surface area contributed by atoms with E-state index in [9.17, 15) is 26.3 Å². The Kier molecular flexibility index (Phi) is 9.94. The summed E-state index contributed by atoms with van der Waals surface area (Å²) >= 11 is 0. The first kappa shape index (κ1) is 39.1. The monoisotopic (exact) mass is 783 g/mol. The molecule has 2 spiro atoms. The largest absolute Gasteiger partial charge is 0.456 e. The lowest BCUT2D eigenvalue weighted by Crippen LogP contribution is -2.67. The summed E-state index contributed by atoms with van der Waals surface area (Å²) in [5.74, 6) is -5.90. The van der Waals surface area contributed by atoms with Crippen LogP contribution in [-0.4, -0.2) is 99.2 Å². The molecule has 4 bridgehead atoms. The van der Waals surface area contributed by atoms with Crippen LogP contribution in [0.25, 0.3) is 0 Å². The third kappa shape index (κ3) is 6.39. The smallest absolute Gasteiger partial charge is 0.449 e. The summed E-state index contributed by atoms with van der Waals surface area (Å²) in [6.07, 6.45) is -7.53. The first-order valence-electron chi connectivity index (χ1n) is 19.3. The molecular formula is C37H51F6NO10. The van der Waals surface area contributed by atoms with Gasteiger partial charge in [-0.1, -0.05) is 13.8 Å². The highest BCUT2D eigenvalue weighted by molar-refractivity contribution is 5.30. The number of nitrogens with zero attached hydrogens (tertiary/aromatic N) is 1. The van der Waals surface area contributed by atoms with E-state index in [1.54, 1.807) is 20.9 Å². The molecule has 306 valence electrons. The van der Waals surface area contributed by atoms with Crippen molar-refractivity contribution in [2.75, 3.05) is 46.6 Å². The van der Waals surface area contributed by atoms with Crippen LogP contribution in [0.2, 0.25) is 0 Å². The van der Waals surface area contributed by atoms with Gasteiger partial charge in [-0.15, -0.1) is 0 Å². The molecule has 11 nitrogen and oxygen atoms in total. The molecule has 10 rings (SSSR count). The number of hydrogen-bond donors (Lipinski definition) is 0. The standard InChI is InChI=1S/C37H51F6NO10/c1-20-6-8-26-22(28(36(38,39)40)47-30-34(26)24(20)10-12-32(3,49-30)51-53-34)18-45-16-14-44(5)15-17-46-19-23-27-9-7-21(2)25-11-13-33(4)50-31(35(25,27)54-52-33)48-29(23)37(41,42)43/h20-21,24-27,30-31H,6-19H2,1-5H3/t20-,21-,24?,25?,26+,27+,30-,31-,32-,33-,34-,35-/m1/s1. The second-order valence-corrected chi connectivity index (χ2v) is 17.1. The maximum absolute atomic E-state index is 14.5. The fraction of sp³-hybridized carbons (Fsp3) is 0.892. The Balaban J connectivity index is 0.894. The number of halogens is 6. The molecule has 12 atom stereocenters. The number of likely N-dealkylation sites (N-methyl/N-ethyl adjacent to an activating group) is 1. The quantitative estimate of drug-likeness (QED) is 0.129. The van der Waals surface area contributed by atoms with Crippen molar-refractivity contribution in [2.45, 2.75) is 127 Å². The zero-order valence-electron chi connectivity index (χ0n) is 31.3. The average molecular weight is 784 g/mol. The second-order valence-electron chi connectivity index (χ2n) is 17.1. The summed E-state index contributed by atoms with van der Waals surface area (Å²) in [7, 11) is 1.77. The Labute approximate surface area is 310 Å². The van der Waals surface area contributed by atoms with Crippen molar-refractivity contribution in [2.24, 2.45) is 35.5 Å². The van der Waals surface area contributed by atoms with Gasteiger partial charge in [-0.25, -0.2) is 19.6 Å². The summed E-state index contributed by atoms with van der Waals surface area (Å²) in [6.45, 7) is 7.62. The van der Waals surface area contributed by atoms with E-state index >= 15 is 0 Å². The number of allylic oxidation sites excluding steroid dienone is 2. The Morgan fingerprint density at radius 1 is 0.630 bits per heavy atom. The normalized spacial score (nSPS) is 44.4. The van der Waals surface area contributed by atoms with Crippen molar-refractivity contribution < 1.29 is 74.3 Å². The van der Waals surface area contributed by atoms with Gasteiger partial charge in [-0.2, -0.15) is 26.3 Å². The molecule has 0 radical (unpaired) electrons. The Morgan fingerprint density at radius 3 is 1.43 bits per heavy atom. The summed E-state index contributed by atoms with van der Waals surface area (Å²) in [5, 5.41) is 0. The van der Waals surface area contributed by atoms with Gasteiger partial charge >= 0.3 is 12.4 Å². The van der Waals surface area contributed by atoms with Crippen molar-refractivity contribution in [3.63, 3.8) is 0 Å². The number of rotatable bonds is 10. The second kappa shape index (κ2) is 13.7. The van der Waals surface area contributed by atoms with Crippen LogP contribution in [0.1, 0.15) is 79.1 Å². The van der Waals surface area contributed by atoms with Crippen molar-refractivity contribution >= 4 is 0 Å². The Morgan fingerprint density at radius 2 is 1.04 bits per heavy atom. The van der Waals surface area contributed by atoms with Crippen LogP contribution < -0.4 is 0 Å². The molecular weight excluding hydrogens is 732 g/mol. The van der Waals surface area contributed by atoms with Crippen LogP contribution in [-0.2, 0) is 48.0 Å². The zero-order chi connectivity index (χ0) is 38.5. The van der Waals surface area contributed by atoms with E-state index in [1.807, 2.05) is 4.90 Å². The minimum Gasteiger partial charge on any atom is -0.456 e. The molecule has 2 saturated carbocycles. The van der Waals surface area contributed by atoms with E-state index in [0.717, 1.165) is 0 Å². The first-order chi connectivity index (χ1) is 25.4. The van der Waals surface area contributed by atoms with Gasteiger partial charge < -0.3 is 33.3 Å². The highest BCUT2D eigenvalue weighted by Crippen LogP contribution is 2.63. The van der Waals surface area contributed by atoms with E-state index in [4.69, 9.17) is 48.0 Å². The summed E-state index contributed by atoms with van der Waals surface area (Å²) in [4.78, 5) is 25.3. The SMILES string of the molecule is C[C@@H]1CC[C@H]2C(COCCN(C)CCOCC3=C(C(F)(F)F)O[C@@H]4O[C@@]5(C)CCC6[C@H](C)CC[C@@H]3[C@]64OO5)=C(C(F)(F)F)O[C@@H]3O[C@@]4(C)CCC1[C@]32OO4. The number of ether oxygens (including phenoxy) is 6. The minimum absolute atomic E-state index is 0.0140. The Bertz CT molecular complexity index is 1400. The minimum atomic E-state index is -4.77. The van der Waals surface area contributed by atoms with Crippen LogP contribution in [0, 0.1) is 35.5 Å². The van der Waals surface area contributed by atoms with Gasteiger partial charge in [0.1, 0.15) is 0 Å². The van der Waals surface area contributed by atoms with Gasteiger partial charge in [-0.3, -0.25) is 0 Å². The van der Waals surface area contributed by atoms with Gasteiger partial charge in [0.15, 0.2) is 11.2 Å². The molecule has 0 aromatic rings. The molecule has 54 heavy (non-hydrogen) atoms. The fourth-order valence-electron chi connectivity index (χ4n) is 10.7. The summed E-state index contributed by atoms with van der Waals surface area (Å²) in [5.41, 5.74) is -2.48. The molecule has 2 aliphatic carbocycles. The number of fused-ring (bicyclic) bond motifs is 4. The predicted octanol–water partition coefficient (Wildman–Crippen LogP) is 7.08. The molecule has 8 fully saturated rings. The molecule has 6 saturated heterocycles. The highest BCUT2D eigenvalue weighted by Gasteiger charge is 2.72. The molecule has 0 aromatic carbocycles. The molecule has 8 aliphatic heterocycles. The van der Waals surface area contributed by atoms with Crippen molar-refractivity contribution in [3.05, 3.63) is 22.7 Å². The number of hydrogen-bond acceptors (Lipinski definition) is 11. The van der Waals surface area contributed by atoms with Crippen LogP contribution >= 0.6 is 0 Å². The zero-order valence-corrected chi connectivity index (χ0v) is 31.3. The third-order valence-electron chi connectivity index (χ3n) is 13.6. The van der Waals surface area contributed by atoms with E-state index in [-0.39, 0.29) is 61.2 Å². The highest BCUT2D eigenvalue weighted by atomic mass is 19.4. The third-order valence-corrected chi connectivity index (χ3v) is 13.6. The predicted molar refractivity (Wildman–Crippen MR) is 173 cm³/mol. The first-order valence-corrected chi connectivity index (χ1v) is 19.3. The van der Waals surface area contributed by atoms with Crippen molar-refractivity contribution in [1.82, 2.24) is 4.90 Å². The molecule has 0 N–H and O–H groups in total. The summed E-state index contributed by atoms with van der Waals surface area (Å²) in [6, 6.07) is 0. The lowest BCUT2D eigenvalue weighted by atomic mass is 9.59. The maximum Gasteiger partial charge on any atom is 0.449 e. The average Bonchev–Trinajstić information content (AvgIpc) is 3.47. The fourth-order valence-corrected chi connectivity index (χ4v) is 10.7. The van der Waals surface area contributed by atoms with Crippen LogP contribution in [0.15, 0.2) is 22.7 Å². The maximum atomic E-state index is 14.5. The van der Waals surface area contributed by atoms with E-state index in [1.165, 1.54) is 0 Å². The molecule has 0 amide bonds. The summed E-state index contributed by atoms with van der Waals surface area (Å²) < 4.78 is 122. The van der Waals surface area contributed by atoms with Crippen LogP contribution in [0.4, 0.5) is 26.3 Å². The molecule has 0 aromatic heterocycles. The lowest BCUT2D eigenvalue weighted by Gasteiger charge is -2.57. The lowest BCUT2D eigenvalue weighted by molar-refractivity contribution is -0.558. The number of alkyl halides is 6. The van der Waals surface area contributed by atoms with Gasteiger partial charge in [0.05, 0.1) is 26.4 Å². The van der Waals surface area contributed by atoms with Crippen LogP contribution in [0.3, 0.4) is 0 Å². The van der Waals surface area contributed by atoms with Crippen molar-refractivity contribution in [1.29, 1.82) is 0 Å². The van der Waals surface area contributed by atoms with Gasteiger partial charge in [0.25, 0.3) is 0 Å². The Hall–Kier alpha value is -1.70. The van der Waals surface area contributed by atoms with Gasteiger partial charge in [0, 0.05) is 60.7 Å². The molecule has 8 heterocycles. The topological polar surface area (TPSA) is 95.5 Å². The van der Waals surface area contributed by atoms with Crippen molar-refractivity contribution in [3.8, 4) is 0 Å². The van der Waals surface area contributed by atoms with E-state index in [0.29, 0.717) is 64.5 Å².